The molecule has 0 aromatic heterocycles. The predicted octanol–water partition coefficient (Wildman–Crippen LogP) is 4.57. The normalized spacial score (nSPS) is 17.9. The molecule has 2 rings (SSSR count). The van der Waals surface area contributed by atoms with E-state index in [2.05, 4.69) is 0 Å². The summed E-state index contributed by atoms with van der Waals surface area (Å²) in [4.78, 5) is 24.5. The SMILES string of the molecule is CCCC(CC(=O)OCc1ccccc1)(C(=O)O)C1CCCCC1. The van der Waals surface area contributed by atoms with E-state index in [0.717, 1.165) is 44.1 Å². The maximum absolute atomic E-state index is 12.4. The molecule has 1 aromatic rings. The third-order valence-electron chi connectivity index (χ3n) is 5.21. The van der Waals surface area contributed by atoms with Gasteiger partial charge >= 0.3 is 11.9 Å². The number of aliphatic carboxylic acids is 1. The average molecular weight is 332 g/mol. The molecule has 0 radical (unpaired) electrons. The molecule has 0 spiro atoms. The van der Waals surface area contributed by atoms with Gasteiger partial charge in [-0.25, -0.2) is 0 Å². The van der Waals surface area contributed by atoms with Crippen molar-refractivity contribution >= 4 is 11.9 Å². The van der Waals surface area contributed by atoms with Crippen LogP contribution in [0.15, 0.2) is 30.3 Å². The second kappa shape index (κ2) is 8.86. The first-order valence-electron chi connectivity index (χ1n) is 9.01. The van der Waals surface area contributed by atoms with Gasteiger partial charge in [0.2, 0.25) is 0 Å². The number of ether oxygens (including phenoxy) is 1. The predicted molar refractivity (Wildman–Crippen MR) is 92.4 cm³/mol. The van der Waals surface area contributed by atoms with E-state index in [1.54, 1.807) is 0 Å². The van der Waals surface area contributed by atoms with Crippen LogP contribution in [0.5, 0.6) is 0 Å². The number of carboxylic acid groups (broad SMARTS) is 1. The third kappa shape index (κ3) is 4.59. The number of hydrogen-bond acceptors (Lipinski definition) is 3. The molecule has 1 aromatic carbocycles. The Kier molecular flexibility index (Phi) is 6.83. The summed E-state index contributed by atoms with van der Waals surface area (Å²) < 4.78 is 5.37. The van der Waals surface area contributed by atoms with Gasteiger partial charge in [0, 0.05) is 0 Å². The van der Waals surface area contributed by atoms with Crippen molar-refractivity contribution in [2.24, 2.45) is 11.3 Å². The lowest BCUT2D eigenvalue weighted by Crippen LogP contribution is -2.42. The van der Waals surface area contributed by atoms with Crippen LogP contribution in [0.3, 0.4) is 0 Å². The van der Waals surface area contributed by atoms with Crippen molar-refractivity contribution in [3.05, 3.63) is 35.9 Å². The minimum atomic E-state index is -0.969. The number of carbonyl (C=O) groups excluding carboxylic acids is 1. The van der Waals surface area contributed by atoms with E-state index >= 15 is 0 Å². The van der Waals surface area contributed by atoms with E-state index < -0.39 is 17.4 Å². The average Bonchev–Trinajstić information content (AvgIpc) is 2.61. The molecular formula is C20H28O4. The summed E-state index contributed by atoms with van der Waals surface area (Å²) in [5, 5.41) is 9.93. The maximum Gasteiger partial charge on any atom is 0.310 e. The Morgan fingerprint density at radius 1 is 1.17 bits per heavy atom. The minimum absolute atomic E-state index is 0.0202. The number of hydrogen-bond donors (Lipinski definition) is 1. The Balaban J connectivity index is 2.05. The van der Waals surface area contributed by atoms with Crippen molar-refractivity contribution in [3.63, 3.8) is 0 Å². The standard InChI is InChI=1S/C20H28O4/c1-2-13-20(19(22)23,17-11-7-4-8-12-17)14-18(21)24-15-16-9-5-3-6-10-16/h3,5-6,9-10,17H,2,4,7-8,11-15H2,1H3,(H,22,23). The summed E-state index contributed by atoms with van der Waals surface area (Å²) >= 11 is 0. The molecule has 0 saturated heterocycles. The molecule has 4 nitrogen and oxygen atoms in total. The van der Waals surface area contributed by atoms with Gasteiger partial charge in [0.1, 0.15) is 6.61 Å². The second-order valence-electron chi connectivity index (χ2n) is 6.87. The van der Waals surface area contributed by atoms with Gasteiger partial charge in [-0.2, -0.15) is 0 Å². The zero-order chi connectivity index (χ0) is 17.4. The molecule has 4 heteroatoms. The molecule has 0 amide bonds. The van der Waals surface area contributed by atoms with Crippen molar-refractivity contribution in [1.82, 2.24) is 0 Å². The fourth-order valence-electron chi connectivity index (χ4n) is 3.94. The van der Waals surface area contributed by atoms with Crippen LogP contribution >= 0.6 is 0 Å². The Hall–Kier alpha value is -1.84. The third-order valence-corrected chi connectivity index (χ3v) is 5.21. The van der Waals surface area contributed by atoms with Crippen molar-refractivity contribution in [1.29, 1.82) is 0 Å². The van der Waals surface area contributed by atoms with Gasteiger partial charge in [-0.3, -0.25) is 9.59 Å². The minimum Gasteiger partial charge on any atom is -0.481 e. The van der Waals surface area contributed by atoms with Gasteiger partial charge in [-0.15, -0.1) is 0 Å². The first-order chi connectivity index (χ1) is 11.6. The zero-order valence-electron chi connectivity index (χ0n) is 14.5. The second-order valence-corrected chi connectivity index (χ2v) is 6.87. The van der Waals surface area contributed by atoms with Crippen LogP contribution in [0.25, 0.3) is 0 Å². The van der Waals surface area contributed by atoms with Crippen molar-refractivity contribution in [2.45, 2.75) is 64.9 Å². The fourth-order valence-corrected chi connectivity index (χ4v) is 3.94. The van der Waals surface area contributed by atoms with Crippen LogP contribution in [-0.4, -0.2) is 17.0 Å². The lowest BCUT2D eigenvalue weighted by molar-refractivity contribution is -0.164. The highest BCUT2D eigenvalue weighted by molar-refractivity contribution is 5.82. The zero-order valence-corrected chi connectivity index (χ0v) is 14.5. The number of esters is 1. The van der Waals surface area contributed by atoms with Crippen LogP contribution < -0.4 is 0 Å². The Labute approximate surface area is 144 Å². The highest BCUT2D eigenvalue weighted by Crippen LogP contribution is 2.45. The smallest absolute Gasteiger partial charge is 0.310 e. The van der Waals surface area contributed by atoms with Gasteiger partial charge in [0.15, 0.2) is 0 Å². The lowest BCUT2D eigenvalue weighted by Gasteiger charge is -2.38. The van der Waals surface area contributed by atoms with E-state index in [-0.39, 0.29) is 18.9 Å². The van der Waals surface area contributed by atoms with Crippen LogP contribution in [0.4, 0.5) is 0 Å². The molecule has 0 aliphatic heterocycles. The van der Waals surface area contributed by atoms with Crippen molar-refractivity contribution in [2.75, 3.05) is 0 Å². The maximum atomic E-state index is 12.4. The molecule has 0 bridgehead atoms. The quantitative estimate of drug-likeness (QED) is 0.708. The highest BCUT2D eigenvalue weighted by atomic mass is 16.5. The van der Waals surface area contributed by atoms with Crippen LogP contribution in [0.2, 0.25) is 0 Å². The molecule has 1 saturated carbocycles. The molecule has 1 aliphatic carbocycles. The summed E-state index contributed by atoms with van der Waals surface area (Å²) in [6.07, 6.45) is 6.36. The van der Waals surface area contributed by atoms with Crippen LogP contribution in [0.1, 0.15) is 63.9 Å². The Morgan fingerprint density at radius 3 is 2.42 bits per heavy atom. The monoisotopic (exact) mass is 332 g/mol. The van der Waals surface area contributed by atoms with Gasteiger partial charge in [0.25, 0.3) is 0 Å². The van der Waals surface area contributed by atoms with Gasteiger partial charge in [0.05, 0.1) is 11.8 Å². The molecule has 24 heavy (non-hydrogen) atoms. The first-order valence-corrected chi connectivity index (χ1v) is 9.01. The summed E-state index contributed by atoms with van der Waals surface area (Å²) in [5.74, 6) is -1.17. The van der Waals surface area contributed by atoms with E-state index in [4.69, 9.17) is 4.74 Å². The van der Waals surface area contributed by atoms with E-state index in [1.165, 1.54) is 0 Å². The number of rotatable bonds is 8. The van der Waals surface area contributed by atoms with E-state index in [0.29, 0.717) is 6.42 Å². The molecule has 1 atom stereocenters. The van der Waals surface area contributed by atoms with Crippen LogP contribution in [-0.2, 0) is 20.9 Å². The molecular weight excluding hydrogens is 304 g/mol. The van der Waals surface area contributed by atoms with E-state index in [1.807, 2.05) is 37.3 Å². The molecule has 132 valence electrons. The number of carbonyl (C=O) groups is 2. The topological polar surface area (TPSA) is 63.6 Å². The van der Waals surface area contributed by atoms with Crippen molar-refractivity contribution in [3.8, 4) is 0 Å². The summed E-state index contributed by atoms with van der Waals surface area (Å²) in [6.45, 7) is 2.18. The molecule has 0 heterocycles. The number of carboxylic acids is 1. The summed E-state index contributed by atoms with van der Waals surface area (Å²) in [5.41, 5.74) is -0.0527. The Bertz CT molecular complexity index is 534. The highest BCUT2D eigenvalue weighted by Gasteiger charge is 2.47. The van der Waals surface area contributed by atoms with Gasteiger partial charge in [-0.05, 0) is 30.7 Å². The first kappa shape index (κ1) is 18.5. The summed E-state index contributed by atoms with van der Waals surface area (Å²) in [6, 6.07) is 9.48. The molecule has 1 N–H and O–H groups in total. The lowest BCUT2D eigenvalue weighted by atomic mass is 9.64. The van der Waals surface area contributed by atoms with Gasteiger partial charge < -0.3 is 9.84 Å². The molecule has 1 fully saturated rings. The van der Waals surface area contributed by atoms with Crippen molar-refractivity contribution < 1.29 is 19.4 Å². The van der Waals surface area contributed by atoms with Crippen LogP contribution in [0, 0.1) is 11.3 Å². The molecule has 1 aliphatic rings. The fraction of sp³-hybridized carbons (Fsp3) is 0.600. The van der Waals surface area contributed by atoms with E-state index in [9.17, 15) is 14.7 Å². The number of benzene rings is 1. The molecule has 1 unspecified atom stereocenters. The largest absolute Gasteiger partial charge is 0.481 e. The van der Waals surface area contributed by atoms with Gasteiger partial charge in [-0.1, -0.05) is 62.9 Å². The summed E-state index contributed by atoms with van der Waals surface area (Å²) in [7, 11) is 0. The Morgan fingerprint density at radius 2 is 1.83 bits per heavy atom.